The summed E-state index contributed by atoms with van der Waals surface area (Å²) in [6.45, 7) is 6.99. The van der Waals surface area contributed by atoms with E-state index in [9.17, 15) is 4.79 Å². The van der Waals surface area contributed by atoms with E-state index in [-0.39, 0.29) is 5.91 Å². The number of fused-ring (bicyclic) bond motifs is 3. The molecule has 0 spiro atoms. The zero-order valence-corrected chi connectivity index (χ0v) is 20.5. The second-order valence-electron chi connectivity index (χ2n) is 8.43. The smallest absolute Gasteiger partial charge is 0.226 e. The van der Waals surface area contributed by atoms with Gasteiger partial charge in [-0.2, -0.15) is 5.10 Å². The van der Waals surface area contributed by atoms with Crippen molar-refractivity contribution in [2.45, 2.75) is 46.5 Å². The molecule has 7 nitrogen and oxygen atoms in total. The van der Waals surface area contributed by atoms with Crippen LogP contribution in [0, 0.1) is 6.92 Å². The van der Waals surface area contributed by atoms with Crippen molar-refractivity contribution in [3.05, 3.63) is 59.4 Å². The van der Waals surface area contributed by atoms with Crippen molar-refractivity contribution in [3.63, 3.8) is 0 Å². The van der Waals surface area contributed by atoms with Crippen LogP contribution in [0.4, 0.5) is 10.9 Å². The highest BCUT2D eigenvalue weighted by molar-refractivity contribution is 7.19. The lowest BCUT2D eigenvalue weighted by atomic mass is 9.95. The van der Waals surface area contributed by atoms with E-state index in [0.717, 1.165) is 70.4 Å². The average Bonchev–Trinajstić information content (AvgIpc) is 3.41. The second-order valence-corrected chi connectivity index (χ2v) is 9.43. The van der Waals surface area contributed by atoms with Crippen LogP contribution < -0.4 is 10.6 Å². The normalized spacial score (nSPS) is 12.2. The third-order valence-corrected chi connectivity index (χ3v) is 6.99. The fourth-order valence-electron chi connectivity index (χ4n) is 4.36. The molecule has 3 heterocycles. The van der Waals surface area contributed by atoms with Crippen molar-refractivity contribution in [1.29, 1.82) is 0 Å². The van der Waals surface area contributed by atoms with Crippen LogP contribution in [-0.4, -0.2) is 32.2 Å². The number of benzene rings is 1. The first-order valence-electron chi connectivity index (χ1n) is 11.8. The van der Waals surface area contributed by atoms with Gasteiger partial charge in [-0.05, 0) is 56.9 Å². The Hall–Kier alpha value is -3.52. The molecule has 3 aromatic heterocycles. The number of carbonyl (C=O) groups is 1. The number of amides is 1. The third kappa shape index (κ3) is 4.09. The molecule has 1 aliphatic carbocycles. The van der Waals surface area contributed by atoms with E-state index in [1.165, 1.54) is 16.9 Å². The summed E-state index contributed by atoms with van der Waals surface area (Å²) in [6.07, 6.45) is 4.85. The van der Waals surface area contributed by atoms with Gasteiger partial charge >= 0.3 is 0 Å². The first-order valence-corrected chi connectivity index (χ1v) is 12.6. The molecule has 174 valence electrons. The third-order valence-electron chi connectivity index (χ3n) is 5.97. The summed E-state index contributed by atoms with van der Waals surface area (Å²) in [6, 6.07) is 12.4. The van der Waals surface area contributed by atoms with Gasteiger partial charge in [0.05, 0.1) is 27.6 Å². The van der Waals surface area contributed by atoms with Gasteiger partial charge in [0.2, 0.25) is 5.91 Å². The molecule has 0 radical (unpaired) electrons. The zero-order valence-electron chi connectivity index (χ0n) is 19.7. The summed E-state index contributed by atoms with van der Waals surface area (Å²) in [5, 5.41) is 12.0. The molecule has 0 bridgehead atoms. The number of hydrogen-bond acceptors (Lipinski definition) is 6. The molecule has 2 N–H and O–H groups in total. The Labute approximate surface area is 203 Å². The van der Waals surface area contributed by atoms with Gasteiger partial charge in [-0.1, -0.05) is 36.5 Å². The maximum absolute atomic E-state index is 12.2. The molecule has 5 rings (SSSR count). The zero-order chi connectivity index (χ0) is 23.7. The average molecular weight is 473 g/mol. The SMILES string of the molecule is CCCC(=O)Nc1nc2c(s1)-c1c(c(-c3ccc(NCC)nc3)nn1-c1ccccc1C)CC2. The van der Waals surface area contributed by atoms with Crippen molar-refractivity contribution in [1.82, 2.24) is 19.7 Å². The molecule has 0 aliphatic heterocycles. The number of aromatic nitrogens is 4. The van der Waals surface area contributed by atoms with Crippen molar-refractivity contribution in [2.24, 2.45) is 0 Å². The van der Waals surface area contributed by atoms with Crippen molar-refractivity contribution in [2.75, 3.05) is 17.2 Å². The van der Waals surface area contributed by atoms with Crippen LogP contribution in [0.1, 0.15) is 43.5 Å². The highest BCUT2D eigenvalue weighted by Crippen LogP contribution is 2.44. The Bertz CT molecular complexity index is 1340. The van der Waals surface area contributed by atoms with Gasteiger partial charge in [0.15, 0.2) is 5.13 Å². The molecule has 0 saturated heterocycles. The molecular weight excluding hydrogens is 444 g/mol. The van der Waals surface area contributed by atoms with Gasteiger partial charge < -0.3 is 10.6 Å². The molecule has 0 saturated carbocycles. The van der Waals surface area contributed by atoms with E-state index < -0.39 is 0 Å². The maximum atomic E-state index is 12.2. The lowest BCUT2D eigenvalue weighted by molar-refractivity contribution is -0.116. The summed E-state index contributed by atoms with van der Waals surface area (Å²) in [4.78, 5) is 22.6. The molecule has 1 amide bonds. The first-order chi connectivity index (χ1) is 16.6. The summed E-state index contributed by atoms with van der Waals surface area (Å²) in [5.74, 6) is 0.865. The van der Waals surface area contributed by atoms with Crippen molar-refractivity contribution >= 4 is 28.2 Å². The van der Waals surface area contributed by atoms with E-state index in [4.69, 9.17) is 10.1 Å². The molecule has 1 aliphatic rings. The molecule has 8 heteroatoms. The van der Waals surface area contributed by atoms with Gasteiger partial charge in [0.25, 0.3) is 0 Å². The Morgan fingerprint density at radius 3 is 2.74 bits per heavy atom. The van der Waals surface area contributed by atoms with E-state index in [1.807, 2.05) is 36.0 Å². The number of aryl methyl sites for hydroxylation is 2. The van der Waals surface area contributed by atoms with Gasteiger partial charge in [-0.3, -0.25) is 4.79 Å². The van der Waals surface area contributed by atoms with E-state index in [2.05, 4.69) is 47.7 Å². The lowest BCUT2D eigenvalue weighted by Crippen LogP contribution is -2.10. The lowest BCUT2D eigenvalue weighted by Gasteiger charge is -2.15. The number of nitrogens with zero attached hydrogens (tertiary/aromatic N) is 4. The number of nitrogens with one attached hydrogen (secondary N) is 2. The topological polar surface area (TPSA) is 84.7 Å². The molecule has 34 heavy (non-hydrogen) atoms. The Kier molecular flexibility index (Phi) is 6.15. The van der Waals surface area contributed by atoms with Crippen molar-refractivity contribution < 1.29 is 4.79 Å². The summed E-state index contributed by atoms with van der Waals surface area (Å²) in [7, 11) is 0. The summed E-state index contributed by atoms with van der Waals surface area (Å²) < 4.78 is 2.05. The van der Waals surface area contributed by atoms with Crippen LogP contribution >= 0.6 is 11.3 Å². The van der Waals surface area contributed by atoms with E-state index in [0.29, 0.717) is 11.6 Å². The van der Waals surface area contributed by atoms with Crippen LogP contribution in [0.15, 0.2) is 42.6 Å². The van der Waals surface area contributed by atoms with Crippen LogP contribution in [0.5, 0.6) is 0 Å². The summed E-state index contributed by atoms with van der Waals surface area (Å²) >= 11 is 1.53. The number of thiazole rings is 1. The van der Waals surface area contributed by atoms with E-state index >= 15 is 0 Å². The number of para-hydroxylation sites is 1. The number of hydrogen-bond donors (Lipinski definition) is 2. The number of pyridine rings is 1. The Balaban J connectivity index is 1.65. The van der Waals surface area contributed by atoms with Gasteiger partial charge in [0, 0.05) is 30.3 Å². The first kappa shape index (κ1) is 22.3. The minimum absolute atomic E-state index is 0.00812. The van der Waals surface area contributed by atoms with Gasteiger partial charge in [0.1, 0.15) is 5.82 Å². The molecule has 0 unspecified atom stereocenters. The van der Waals surface area contributed by atoms with Crippen LogP contribution in [0.3, 0.4) is 0 Å². The fourth-order valence-corrected chi connectivity index (χ4v) is 5.45. The summed E-state index contributed by atoms with van der Waals surface area (Å²) in [5.41, 5.74) is 7.41. The maximum Gasteiger partial charge on any atom is 0.226 e. The number of rotatable bonds is 7. The number of carbonyl (C=O) groups excluding carboxylic acids is 1. The fraction of sp³-hybridized carbons (Fsp3) is 0.308. The Morgan fingerprint density at radius 1 is 1.15 bits per heavy atom. The minimum atomic E-state index is 0.00812. The second kappa shape index (κ2) is 9.38. The molecule has 0 fully saturated rings. The molecule has 1 aromatic carbocycles. The van der Waals surface area contributed by atoms with Gasteiger partial charge in [-0.25, -0.2) is 14.6 Å². The van der Waals surface area contributed by atoms with Crippen LogP contribution in [0.2, 0.25) is 0 Å². The quantitative estimate of drug-likeness (QED) is 0.364. The largest absolute Gasteiger partial charge is 0.370 e. The van der Waals surface area contributed by atoms with E-state index in [1.54, 1.807) is 0 Å². The highest BCUT2D eigenvalue weighted by atomic mass is 32.1. The van der Waals surface area contributed by atoms with Gasteiger partial charge in [-0.15, -0.1) is 0 Å². The standard InChI is InChI=1S/C26H28N6OS/c1-4-8-22(33)30-26-29-19-13-12-18-23(17-11-14-21(27-5-2)28-15-17)31-32(24(18)25(19)34-26)20-10-7-6-9-16(20)3/h6-7,9-11,14-15H,4-5,8,12-13H2,1-3H3,(H,27,28)(H,29,30,33). The highest BCUT2D eigenvalue weighted by Gasteiger charge is 2.30. The molecular formula is C26H28N6OS. The molecule has 0 atom stereocenters. The predicted octanol–water partition coefficient (Wildman–Crippen LogP) is 5.64. The molecule has 4 aromatic rings. The monoisotopic (exact) mass is 472 g/mol. The predicted molar refractivity (Wildman–Crippen MR) is 138 cm³/mol. The number of anilines is 2. The van der Waals surface area contributed by atoms with Crippen molar-refractivity contribution in [3.8, 4) is 27.5 Å². The van der Waals surface area contributed by atoms with Crippen LogP contribution in [-0.2, 0) is 17.6 Å². The Morgan fingerprint density at radius 2 is 2.00 bits per heavy atom. The minimum Gasteiger partial charge on any atom is -0.370 e. The van der Waals surface area contributed by atoms with Crippen LogP contribution in [0.25, 0.3) is 27.5 Å².